The van der Waals surface area contributed by atoms with Gasteiger partial charge in [-0.1, -0.05) is 30.3 Å². The van der Waals surface area contributed by atoms with Crippen molar-refractivity contribution in [3.05, 3.63) is 40.7 Å². The normalized spacial score (nSPS) is 22.4. The molecule has 1 aromatic heterocycles. The number of rotatable bonds is 3. The van der Waals surface area contributed by atoms with E-state index in [2.05, 4.69) is 4.98 Å². The van der Waals surface area contributed by atoms with Crippen molar-refractivity contribution < 1.29 is 9.90 Å². The second kappa shape index (κ2) is 3.96. The van der Waals surface area contributed by atoms with Crippen LogP contribution in [0.3, 0.4) is 0 Å². The van der Waals surface area contributed by atoms with E-state index in [-0.39, 0.29) is 11.8 Å². The average molecular weight is 245 g/mol. The predicted molar refractivity (Wildman–Crippen MR) is 66.0 cm³/mol. The highest BCUT2D eigenvalue weighted by Gasteiger charge is 2.46. The topological polar surface area (TPSA) is 50.2 Å². The highest BCUT2D eigenvalue weighted by atomic mass is 32.1. The number of carbonyl (C=O) groups is 1. The van der Waals surface area contributed by atoms with Crippen LogP contribution in [0.2, 0.25) is 0 Å². The van der Waals surface area contributed by atoms with Gasteiger partial charge in [-0.3, -0.25) is 4.79 Å². The summed E-state index contributed by atoms with van der Waals surface area (Å²) < 4.78 is 0. The number of aromatic nitrogens is 1. The fraction of sp³-hybridized carbons (Fsp3) is 0.231. The van der Waals surface area contributed by atoms with E-state index in [0.717, 1.165) is 22.7 Å². The molecular weight excluding hydrogens is 234 g/mol. The molecule has 1 aliphatic carbocycles. The molecule has 0 spiro atoms. The van der Waals surface area contributed by atoms with Crippen LogP contribution in [0.4, 0.5) is 0 Å². The minimum absolute atomic E-state index is 0.134. The number of nitrogens with zero attached hydrogens (tertiary/aromatic N) is 1. The molecule has 1 fully saturated rings. The minimum Gasteiger partial charge on any atom is -0.481 e. The zero-order valence-electron chi connectivity index (χ0n) is 9.04. The summed E-state index contributed by atoms with van der Waals surface area (Å²) in [6.45, 7) is 0. The van der Waals surface area contributed by atoms with Gasteiger partial charge in [0.25, 0.3) is 0 Å². The zero-order chi connectivity index (χ0) is 11.8. The first-order valence-corrected chi connectivity index (χ1v) is 6.37. The lowest BCUT2D eigenvalue weighted by Crippen LogP contribution is -1.98. The number of thiazole rings is 1. The van der Waals surface area contributed by atoms with Crippen molar-refractivity contribution in [2.75, 3.05) is 0 Å². The Labute approximate surface area is 103 Å². The molecule has 1 saturated carbocycles. The third-order valence-corrected chi connectivity index (χ3v) is 3.99. The average Bonchev–Trinajstić information content (AvgIpc) is 3.01. The van der Waals surface area contributed by atoms with Crippen molar-refractivity contribution in [3.63, 3.8) is 0 Å². The minimum atomic E-state index is -0.702. The largest absolute Gasteiger partial charge is 0.481 e. The molecule has 3 rings (SSSR count). The van der Waals surface area contributed by atoms with E-state index in [1.807, 2.05) is 35.7 Å². The Morgan fingerprint density at radius 3 is 2.76 bits per heavy atom. The Hall–Kier alpha value is -1.68. The van der Waals surface area contributed by atoms with Gasteiger partial charge in [0.1, 0.15) is 0 Å². The first kappa shape index (κ1) is 10.5. The summed E-state index contributed by atoms with van der Waals surface area (Å²) in [7, 11) is 0. The van der Waals surface area contributed by atoms with Gasteiger partial charge < -0.3 is 5.11 Å². The number of carboxylic acids is 1. The molecule has 17 heavy (non-hydrogen) atoms. The van der Waals surface area contributed by atoms with Crippen LogP contribution in [0, 0.1) is 5.92 Å². The van der Waals surface area contributed by atoms with Gasteiger partial charge in [0.05, 0.1) is 16.6 Å². The lowest BCUT2D eigenvalue weighted by atomic mass is 10.2. The second-order valence-electron chi connectivity index (χ2n) is 4.22. The smallest absolute Gasteiger partial charge is 0.307 e. The fourth-order valence-electron chi connectivity index (χ4n) is 1.94. The zero-order valence-corrected chi connectivity index (χ0v) is 9.85. The summed E-state index contributed by atoms with van der Waals surface area (Å²) in [6, 6.07) is 9.95. The maximum atomic E-state index is 10.8. The predicted octanol–water partition coefficient (Wildman–Crippen LogP) is 3.00. The van der Waals surface area contributed by atoms with Crippen molar-refractivity contribution in [1.82, 2.24) is 4.98 Å². The lowest BCUT2D eigenvalue weighted by molar-refractivity contribution is -0.138. The Bertz CT molecular complexity index is 550. The highest BCUT2D eigenvalue weighted by Crippen LogP contribution is 2.48. The molecule has 1 heterocycles. The molecule has 4 heteroatoms. The highest BCUT2D eigenvalue weighted by molar-refractivity contribution is 7.10. The van der Waals surface area contributed by atoms with E-state index in [1.54, 1.807) is 11.3 Å². The van der Waals surface area contributed by atoms with E-state index >= 15 is 0 Å². The van der Waals surface area contributed by atoms with Gasteiger partial charge in [0, 0.05) is 16.9 Å². The summed E-state index contributed by atoms with van der Waals surface area (Å²) in [5.74, 6) is -0.786. The molecule has 2 atom stereocenters. The van der Waals surface area contributed by atoms with Crippen molar-refractivity contribution in [3.8, 4) is 11.3 Å². The van der Waals surface area contributed by atoms with E-state index in [0.29, 0.717) is 0 Å². The van der Waals surface area contributed by atoms with Crippen molar-refractivity contribution in [2.24, 2.45) is 5.92 Å². The van der Waals surface area contributed by atoms with Crippen LogP contribution in [-0.2, 0) is 4.79 Å². The first-order valence-electron chi connectivity index (χ1n) is 5.49. The third-order valence-electron chi connectivity index (χ3n) is 3.02. The maximum Gasteiger partial charge on any atom is 0.307 e. The van der Waals surface area contributed by atoms with Gasteiger partial charge in [0.15, 0.2) is 0 Å². The molecule has 1 aromatic carbocycles. The summed E-state index contributed by atoms with van der Waals surface area (Å²) >= 11 is 1.56. The van der Waals surface area contributed by atoms with Crippen molar-refractivity contribution in [1.29, 1.82) is 0 Å². The molecule has 1 aliphatic rings. The summed E-state index contributed by atoms with van der Waals surface area (Å²) in [5.41, 5.74) is 2.03. The number of carboxylic acid groups (broad SMARTS) is 1. The molecule has 0 saturated heterocycles. The number of hydrogen-bond donors (Lipinski definition) is 1. The second-order valence-corrected chi connectivity index (χ2v) is 5.11. The van der Waals surface area contributed by atoms with Crippen molar-refractivity contribution >= 4 is 17.3 Å². The molecular formula is C13H11NO2S. The van der Waals surface area contributed by atoms with Crippen LogP contribution in [0.15, 0.2) is 35.7 Å². The Balaban J connectivity index is 1.83. The quantitative estimate of drug-likeness (QED) is 0.904. The molecule has 0 radical (unpaired) electrons. The maximum absolute atomic E-state index is 10.8. The van der Waals surface area contributed by atoms with Gasteiger partial charge in [0.2, 0.25) is 0 Å². The fourth-order valence-corrected chi connectivity index (χ4v) is 2.95. The number of aliphatic carboxylic acids is 1. The van der Waals surface area contributed by atoms with Gasteiger partial charge in [-0.2, -0.15) is 0 Å². The van der Waals surface area contributed by atoms with E-state index in [4.69, 9.17) is 5.11 Å². The Morgan fingerprint density at radius 1 is 1.35 bits per heavy atom. The van der Waals surface area contributed by atoms with E-state index in [9.17, 15) is 4.79 Å². The van der Waals surface area contributed by atoms with Gasteiger partial charge >= 0.3 is 5.97 Å². The lowest BCUT2D eigenvalue weighted by Gasteiger charge is -1.94. The monoisotopic (exact) mass is 245 g/mol. The van der Waals surface area contributed by atoms with Crippen LogP contribution >= 0.6 is 11.3 Å². The van der Waals surface area contributed by atoms with Crippen LogP contribution < -0.4 is 0 Å². The van der Waals surface area contributed by atoms with Gasteiger partial charge in [-0.15, -0.1) is 11.3 Å². The van der Waals surface area contributed by atoms with Gasteiger partial charge in [-0.25, -0.2) is 4.98 Å². The standard InChI is InChI=1S/C13H11NO2S/c15-13(16)10-6-9(10)12-14-11(7-17-12)8-4-2-1-3-5-8/h1-5,7,9-10H,6H2,(H,15,16). The third kappa shape index (κ3) is 1.96. The molecule has 2 unspecified atom stereocenters. The van der Waals surface area contributed by atoms with E-state index in [1.165, 1.54) is 0 Å². The summed E-state index contributed by atoms with van der Waals surface area (Å²) in [4.78, 5) is 15.3. The molecule has 2 aromatic rings. The van der Waals surface area contributed by atoms with Crippen LogP contribution in [0.1, 0.15) is 17.3 Å². The first-order chi connectivity index (χ1) is 8.25. The van der Waals surface area contributed by atoms with E-state index < -0.39 is 5.97 Å². The Kier molecular flexibility index (Phi) is 2.44. The van der Waals surface area contributed by atoms with Crippen LogP contribution in [-0.4, -0.2) is 16.1 Å². The molecule has 0 bridgehead atoms. The van der Waals surface area contributed by atoms with Crippen LogP contribution in [0.5, 0.6) is 0 Å². The molecule has 0 aliphatic heterocycles. The van der Waals surface area contributed by atoms with Crippen molar-refractivity contribution in [2.45, 2.75) is 12.3 Å². The number of benzene rings is 1. The molecule has 3 nitrogen and oxygen atoms in total. The summed E-state index contributed by atoms with van der Waals surface area (Å²) in [5, 5.41) is 11.8. The SMILES string of the molecule is O=C(O)C1CC1c1nc(-c2ccccc2)cs1. The molecule has 86 valence electrons. The number of hydrogen-bond acceptors (Lipinski definition) is 3. The Morgan fingerprint density at radius 2 is 2.12 bits per heavy atom. The van der Waals surface area contributed by atoms with Gasteiger partial charge in [-0.05, 0) is 6.42 Å². The molecule has 0 amide bonds. The summed E-state index contributed by atoms with van der Waals surface area (Å²) in [6.07, 6.45) is 0.733. The van der Waals surface area contributed by atoms with Crippen LogP contribution in [0.25, 0.3) is 11.3 Å². The molecule has 1 N–H and O–H groups in total.